The van der Waals surface area contributed by atoms with Gasteiger partial charge in [0.1, 0.15) is 5.82 Å². The highest BCUT2D eigenvalue weighted by atomic mass is 32.2. The number of hydrogen-bond donors (Lipinski definition) is 0. The van der Waals surface area contributed by atoms with E-state index in [1.165, 1.54) is 31.0 Å². The highest BCUT2D eigenvalue weighted by molar-refractivity contribution is 7.99. The Labute approximate surface area is 233 Å². The maximum absolute atomic E-state index is 13.8. The molecule has 0 spiro atoms. The Morgan fingerprint density at radius 1 is 0.975 bits per heavy atom. The van der Waals surface area contributed by atoms with Gasteiger partial charge in [-0.25, -0.2) is 9.18 Å². The minimum Gasteiger partial charge on any atom is -0.465 e. The Kier molecular flexibility index (Phi) is 7.11. The molecule has 0 N–H and O–H groups in total. The Morgan fingerprint density at radius 2 is 1.75 bits per heavy atom. The number of hydrogen-bond acceptors (Lipinski definition) is 6. The Bertz CT molecular complexity index is 1870. The zero-order valence-corrected chi connectivity index (χ0v) is 22.4. The van der Waals surface area contributed by atoms with Crippen molar-refractivity contribution >= 4 is 45.6 Å². The number of carbonyl (C=O) groups is 1. The quantitative estimate of drug-likeness (QED) is 0.121. The summed E-state index contributed by atoms with van der Waals surface area (Å²) < 4.78 is 22.5. The molecule has 2 heterocycles. The van der Waals surface area contributed by atoms with E-state index in [2.05, 4.69) is 27.4 Å². The van der Waals surface area contributed by atoms with Crippen molar-refractivity contribution in [3.8, 4) is 11.4 Å². The Hall–Kier alpha value is -4.76. The number of halogens is 1. The lowest BCUT2D eigenvalue weighted by Crippen LogP contribution is -2.02. The lowest BCUT2D eigenvalue weighted by atomic mass is 10.0. The van der Waals surface area contributed by atoms with E-state index in [9.17, 15) is 9.18 Å². The smallest absolute Gasteiger partial charge is 0.340 e. The molecule has 40 heavy (non-hydrogen) atoms. The summed E-state index contributed by atoms with van der Waals surface area (Å²) in [5.41, 5.74) is 3.00. The summed E-state index contributed by atoms with van der Waals surface area (Å²) in [4.78, 5) is 12.3. The molecule has 0 unspecified atom stereocenters. The number of thioether (sulfide) groups is 1. The molecule has 0 aliphatic rings. The van der Waals surface area contributed by atoms with Crippen molar-refractivity contribution in [3.05, 3.63) is 114 Å². The Balaban J connectivity index is 1.34. The number of ether oxygens (including phenoxy) is 1. The maximum atomic E-state index is 13.8. The third-order valence-corrected chi connectivity index (χ3v) is 7.47. The number of aryl methyl sites for hydroxylation is 1. The van der Waals surface area contributed by atoms with Gasteiger partial charge in [0.15, 0.2) is 5.82 Å². The van der Waals surface area contributed by atoms with Crippen LogP contribution in [0.3, 0.4) is 0 Å². The summed E-state index contributed by atoms with van der Waals surface area (Å²) in [5.74, 6) is 0.532. The molecule has 0 saturated carbocycles. The van der Waals surface area contributed by atoms with Crippen LogP contribution in [-0.4, -0.2) is 44.5 Å². The average Bonchev–Trinajstić information content (AvgIpc) is 3.57. The normalized spacial score (nSPS) is 11.6. The third kappa shape index (κ3) is 4.99. The first-order valence-electron chi connectivity index (χ1n) is 12.6. The first kappa shape index (κ1) is 25.5. The van der Waals surface area contributed by atoms with Crippen LogP contribution in [-0.2, 0) is 11.3 Å². The zero-order chi connectivity index (χ0) is 27.5. The van der Waals surface area contributed by atoms with Gasteiger partial charge in [0.2, 0.25) is 5.16 Å². The van der Waals surface area contributed by atoms with Crippen LogP contribution < -0.4 is 0 Å². The van der Waals surface area contributed by atoms with Gasteiger partial charge in [-0.3, -0.25) is 0 Å². The third-order valence-electron chi connectivity index (χ3n) is 6.57. The highest BCUT2D eigenvalue weighted by Gasteiger charge is 2.18. The summed E-state index contributed by atoms with van der Waals surface area (Å²) in [7, 11) is 1.38. The minimum absolute atomic E-state index is 0.332. The second kappa shape index (κ2) is 11.2. The lowest BCUT2D eigenvalue weighted by molar-refractivity contribution is 0.0602. The molecule has 198 valence electrons. The van der Waals surface area contributed by atoms with Crippen molar-refractivity contribution in [1.82, 2.24) is 19.4 Å². The number of rotatable bonds is 8. The number of carbonyl (C=O) groups excluding carboxylic acids is 1. The molecule has 9 heteroatoms. The molecular formula is C31H24FN5O2S. The number of fused-ring (bicyclic) bond motifs is 2. The van der Waals surface area contributed by atoms with Gasteiger partial charge in [-0.15, -0.1) is 10.2 Å². The molecule has 6 rings (SSSR count). The molecular weight excluding hydrogens is 525 g/mol. The van der Waals surface area contributed by atoms with E-state index in [1.54, 1.807) is 23.0 Å². The van der Waals surface area contributed by atoms with Crippen LogP contribution >= 0.6 is 11.8 Å². The van der Waals surface area contributed by atoms with E-state index < -0.39 is 0 Å². The predicted octanol–water partition coefficient (Wildman–Crippen LogP) is 6.65. The molecule has 0 amide bonds. The van der Waals surface area contributed by atoms with E-state index in [-0.39, 0.29) is 11.8 Å². The molecule has 0 aliphatic heterocycles. The van der Waals surface area contributed by atoms with Crippen LogP contribution in [0.1, 0.15) is 15.9 Å². The molecule has 0 aliphatic carbocycles. The summed E-state index contributed by atoms with van der Waals surface area (Å²) in [6.07, 6.45) is 3.43. The Morgan fingerprint density at radius 3 is 2.60 bits per heavy atom. The van der Waals surface area contributed by atoms with Crippen LogP contribution in [0.15, 0.2) is 107 Å². The van der Waals surface area contributed by atoms with Crippen molar-refractivity contribution in [1.29, 1.82) is 0 Å². The zero-order valence-electron chi connectivity index (χ0n) is 21.6. The van der Waals surface area contributed by atoms with E-state index in [1.807, 2.05) is 65.4 Å². The van der Waals surface area contributed by atoms with Gasteiger partial charge in [0, 0.05) is 35.0 Å². The van der Waals surface area contributed by atoms with Crippen LogP contribution in [0.5, 0.6) is 0 Å². The number of methoxy groups -OCH3 is 1. The number of nitrogens with zero attached hydrogens (tertiary/aromatic N) is 5. The van der Waals surface area contributed by atoms with Crippen molar-refractivity contribution in [2.45, 2.75) is 11.7 Å². The molecule has 6 aromatic rings. The number of aromatic nitrogens is 4. The molecule has 0 saturated heterocycles. The van der Waals surface area contributed by atoms with Gasteiger partial charge in [0.25, 0.3) is 0 Å². The van der Waals surface area contributed by atoms with Gasteiger partial charge in [0.05, 0.1) is 18.9 Å². The number of esters is 1. The average molecular weight is 550 g/mol. The van der Waals surface area contributed by atoms with Crippen molar-refractivity contribution in [3.63, 3.8) is 0 Å². The van der Waals surface area contributed by atoms with Crippen LogP contribution in [0.25, 0.3) is 33.1 Å². The lowest BCUT2D eigenvalue weighted by Gasteiger charge is -2.08. The SMILES string of the molecule is COC(=O)c1cn(CCSc2nnc(-c3cccc4ccccc34)n2/N=C/c2cccc(F)c2)c2ccccc12. The fraction of sp³-hybridized carbons (Fsp3) is 0.0968. The largest absolute Gasteiger partial charge is 0.465 e. The maximum Gasteiger partial charge on any atom is 0.340 e. The molecule has 0 fully saturated rings. The number of benzene rings is 4. The standard InChI is InChI=1S/C31H24FN5O2S/c1-39-30(38)27-20-36(28-15-5-4-13-25(27)28)16-17-40-31-35-34-29(26-14-7-10-22-9-2-3-12-24(22)26)37(31)33-19-21-8-6-11-23(32)18-21/h2-15,18-20H,16-17H2,1H3/b33-19+. The topological polar surface area (TPSA) is 74.3 Å². The van der Waals surface area contributed by atoms with Crippen molar-refractivity contribution in [2.75, 3.05) is 12.9 Å². The molecule has 0 radical (unpaired) electrons. The summed E-state index contributed by atoms with van der Waals surface area (Å²) in [5, 5.41) is 17.2. The van der Waals surface area contributed by atoms with Crippen molar-refractivity contribution < 1.29 is 13.9 Å². The van der Waals surface area contributed by atoms with E-state index in [0.29, 0.717) is 34.4 Å². The van der Waals surface area contributed by atoms with Gasteiger partial charge in [-0.2, -0.15) is 9.78 Å². The molecule has 7 nitrogen and oxygen atoms in total. The van der Waals surface area contributed by atoms with Crippen LogP contribution in [0, 0.1) is 5.82 Å². The van der Waals surface area contributed by atoms with Crippen LogP contribution in [0.4, 0.5) is 4.39 Å². The van der Waals surface area contributed by atoms with Gasteiger partial charge in [-0.1, -0.05) is 84.6 Å². The summed E-state index contributed by atoms with van der Waals surface area (Å²) in [6, 6.07) is 28.1. The first-order valence-corrected chi connectivity index (χ1v) is 13.6. The second-order valence-corrected chi connectivity index (χ2v) is 10.1. The number of para-hydroxylation sites is 1. The molecule has 2 aromatic heterocycles. The monoisotopic (exact) mass is 549 g/mol. The van der Waals surface area contributed by atoms with Crippen LogP contribution in [0.2, 0.25) is 0 Å². The predicted molar refractivity (Wildman–Crippen MR) is 156 cm³/mol. The van der Waals surface area contributed by atoms with Crippen molar-refractivity contribution in [2.24, 2.45) is 5.10 Å². The van der Waals surface area contributed by atoms with E-state index in [0.717, 1.165) is 27.2 Å². The first-order chi connectivity index (χ1) is 19.6. The molecule has 0 atom stereocenters. The summed E-state index contributed by atoms with van der Waals surface area (Å²) in [6.45, 7) is 0.617. The minimum atomic E-state index is -0.367. The van der Waals surface area contributed by atoms with Gasteiger partial charge in [-0.05, 0) is 34.5 Å². The van der Waals surface area contributed by atoms with E-state index >= 15 is 0 Å². The molecule has 4 aromatic carbocycles. The fourth-order valence-corrected chi connectivity index (χ4v) is 5.52. The fourth-order valence-electron chi connectivity index (χ4n) is 4.70. The summed E-state index contributed by atoms with van der Waals surface area (Å²) >= 11 is 1.50. The van der Waals surface area contributed by atoms with Gasteiger partial charge < -0.3 is 9.30 Å². The van der Waals surface area contributed by atoms with E-state index in [4.69, 9.17) is 4.74 Å². The second-order valence-electron chi connectivity index (χ2n) is 9.04. The highest BCUT2D eigenvalue weighted by Crippen LogP contribution is 2.30. The van der Waals surface area contributed by atoms with Gasteiger partial charge >= 0.3 is 5.97 Å². The molecule has 0 bridgehead atoms.